The van der Waals surface area contributed by atoms with Crippen LogP contribution in [0, 0.1) is 17.0 Å². The minimum Gasteiger partial charge on any atom is -0.388 e. The van der Waals surface area contributed by atoms with Crippen molar-refractivity contribution in [2.75, 3.05) is 0 Å². The second kappa shape index (κ2) is 7.68. The second-order valence-electron chi connectivity index (χ2n) is 5.86. The van der Waals surface area contributed by atoms with Crippen LogP contribution in [0.15, 0.2) is 35.7 Å². The highest BCUT2D eigenvalue weighted by Crippen LogP contribution is 2.26. The zero-order valence-electron chi connectivity index (χ0n) is 13.5. The number of aryl methyl sites for hydroxylation is 1. The molecule has 2 rings (SSSR count). The third kappa shape index (κ3) is 4.60. The Kier molecular flexibility index (Phi) is 5.87. The Labute approximate surface area is 140 Å². The van der Waals surface area contributed by atoms with Gasteiger partial charge in [-0.2, -0.15) is 0 Å². The average molecular weight is 334 g/mol. The maximum absolute atomic E-state index is 11.0. The van der Waals surface area contributed by atoms with E-state index in [2.05, 4.69) is 5.32 Å². The molecule has 124 valence electrons. The summed E-state index contributed by atoms with van der Waals surface area (Å²) in [5.74, 6) is 0. The summed E-state index contributed by atoms with van der Waals surface area (Å²) < 4.78 is 0. The molecule has 6 heteroatoms. The topological polar surface area (TPSA) is 75.4 Å². The number of aliphatic hydroxyl groups is 1. The standard InChI is InChI=1S/C17H22N2O3S/c1-11-6-7-14(10-15(11)19(21)22)13(3)18-12(2)9-16(20)17-5-4-8-23-17/h4-8,10,12-13,16,18,20H,9H2,1-3H3. The summed E-state index contributed by atoms with van der Waals surface area (Å²) >= 11 is 1.54. The van der Waals surface area contributed by atoms with Crippen molar-refractivity contribution in [3.05, 3.63) is 61.8 Å². The van der Waals surface area contributed by atoms with Gasteiger partial charge < -0.3 is 10.4 Å². The number of nitrogens with zero attached hydrogens (tertiary/aromatic N) is 1. The van der Waals surface area contributed by atoms with Crippen molar-refractivity contribution >= 4 is 17.0 Å². The second-order valence-corrected chi connectivity index (χ2v) is 6.84. The number of hydrogen-bond acceptors (Lipinski definition) is 5. The molecule has 1 aromatic heterocycles. The molecule has 3 atom stereocenters. The Morgan fingerprint density at radius 3 is 2.70 bits per heavy atom. The summed E-state index contributed by atoms with van der Waals surface area (Å²) in [6, 6.07) is 9.21. The van der Waals surface area contributed by atoms with Crippen LogP contribution < -0.4 is 5.32 Å². The summed E-state index contributed by atoms with van der Waals surface area (Å²) in [6.45, 7) is 5.72. The van der Waals surface area contributed by atoms with Crippen LogP contribution >= 0.6 is 11.3 Å². The number of aliphatic hydroxyl groups excluding tert-OH is 1. The third-order valence-corrected chi connectivity index (χ3v) is 4.89. The van der Waals surface area contributed by atoms with Gasteiger partial charge in [-0.15, -0.1) is 11.3 Å². The van der Waals surface area contributed by atoms with Gasteiger partial charge in [0.15, 0.2) is 0 Å². The Balaban J connectivity index is 1.99. The Hall–Kier alpha value is -1.76. The fourth-order valence-electron chi connectivity index (χ4n) is 2.62. The van der Waals surface area contributed by atoms with Crippen LogP contribution in [-0.4, -0.2) is 16.1 Å². The monoisotopic (exact) mass is 334 g/mol. The summed E-state index contributed by atoms with van der Waals surface area (Å²) in [6.07, 6.45) is 0.107. The number of rotatable bonds is 7. The van der Waals surface area contributed by atoms with Gasteiger partial charge in [0.25, 0.3) is 5.69 Å². The molecule has 23 heavy (non-hydrogen) atoms. The highest BCUT2D eigenvalue weighted by atomic mass is 32.1. The van der Waals surface area contributed by atoms with Gasteiger partial charge in [0.1, 0.15) is 0 Å². The largest absolute Gasteiger partial charge is 0.388 e. The molecule has 2 aromatic rings. The van der Waals surface area contributed by atoms with Gasteiger partial charge in [-0.25, -0.2) is 0 Å². The van der Waals surface area contributed by atoms with Crippen LogP contribution in [0.5, 0.6) is 0 Å². The Morgan fingerprint density at radius 2 is 2.09 bits per heavy atom. The van der Waals surface area contributed by atoms with E-state index in [9.17, 15) is 15.2 Å². The first-order valence-electron chi connectivity index (χ1n) is 7.61. The fraction of sp³-hybridized carbons (Fsp3) is 0.412. The lowest BCUT2D eigenvalue weighted by molar-refractivity contribution is -0.385. The number of hydrogen-bond donors (Lipinski definition) is 2. The van der Waals surface area contributed by atoms with Gasteiger partial charge in [-0.1, -0.05) is 18.2 Å². The molecule has 0 saturated carbocycles. The number of thiophene rings is 1. The molecule has 1 aromatic carbocycles. The molecule has 3 unspecified atom stereocenters. The SMILES string of the molecule is Cc1ccc(C(C)NC(C)CC(O)c2cccs2)cc1[N+](=O)[O-]. The van der Waals surface area contributed by atoms with E-state index in [1.54, 1.807) is 30.4 Å². The number of nitro benzene ring substituents is 1. The van der Waals surface area contributed by atoms with Crippen LogP contribution in [0.3, 0.4) is 0 Å². The van der Waals surface area contributed by atoms with Crippen molar-refractivity contribution in [2.24, 2.45) is 0 Å². The van der Waals surface area contributed by atoms with Crippen LogP contribution in [0.1, 0.15) is 48.4 Å². The highest BCUT2D eigenvalue weighted by molar-refractivity contribution is 7.10. The maximum Gasteiger partial charge on any atom is 0.272 e. The van der Waals surface area contributed by atoms with Crippen LogP contribution in [0.2, 0.25) is 0 Å². The molecule has 0 aliphatic rings. The van der Waals surface area contributed by atoms with Gasteiger partial charge in [0.05, 0.1) is 11.0 Å². The predicted octanol–water partition coefficient (Wildman–Crippen LogP) is 4.13. The Morgan fingerprint density at radius 1 is 1.35 bits per heavy atom. The number of benzene rings is 1. The van der Waals surface area contributed by atoms with Crippen molar-refractivity contribution in [3.63, 3.8) is 0 Å². The van der Waals surface area contributed by atoms with Gasteiger partial charge in [0, 0.05) is 28.6 Å². The summed E-state index contributed by atoms with van der Waals surface area (Å²) in [5.41, 5.74) is 1.68. The van der Waals surface area contributed by atoms with Crippen molar-refractivity contribution in [3.8, 4) is 0 Å². The molecule has 0 saturated heterocycles. The first-order chi connectivity index (χ1) is 10.9. The molecule has 0 aliphatic heterocycles. The van der Waals surface area contributed by atoms with Gasteiger partial charge in [-0.05, 0) is 44.2 Å². The molecule has 0 fully saturated rings. The zero-order valence-corrected chi connectivity index (χ0v) is 14.3. The van der Waals surface area contributed by atoms with E-state index in [4.69, 9.17) is 0 Å². The first kappa shape index (κ1) is 17.6. The molecule has 2 N–H and O–H groups in total. The maximum atomic E-state index is 11.0. The molecular weight excluding hydrogens is 312 g/mol. The molecule has 0 radical (unpaired) electrons. The van der Waals surface area contributed by atoms with E-state index in [1.807, 2.05) is 37.4 Å². The molecule has 1 heterocycles. The molecule has 0 bridgehead atoms. The van der Waals surface area contributed by atoms with E-state index >= 15 is 0 Å². The van der Waals surface area contributed by atoms with E-state index < -0.39 is 6.10 Å². The molecule has 0 amide bonds. The van der Waals surface area contributed by atoms with Crippen LogP contribution in [-0.2, 0) is 0 Å². The average Bonchev–Trinajstić information content (AvgIpc) is 3.01. The van der Waals surface area contributed by atoms with Crippen LogP contribution in [0.25, 0.3) is 0 Å². The molecular formula is C17H22N2O3S. The van der Waals surface area contributed by atoms with E-state index in [-0.39, 0.29) is 22.7 Å². The zero-order chi connectivity index (χ0) is 17.0. The summed E-state index contributed by atoms with van der Waals surface area (Å²) in [7, 11) is 0. The van der Waals surface area contributed by atoms with Crippen molar-refractivity contribution in [2.45, 2.75) is 45.4 Å². The van der Waals surface area contributed by atoms with Gasteiger partial charge >= 0.3 is 0 Å². The summed E-state index contributed by atoms with van der Waals surface area (Å²) in [4.78, 5) is 11.7. The fourth-order valence-corrected chi connectivity index (χ4v) is 3.34. The van der Waals surface area contributed by atoms with E-state index in [0.717, 1.165) is 10.4 Å². The molecule has 0 spiro atoms. The van der Waals surface area contributed by atoms with Crippen molar-refractivity contribution in [1.29, 1.82) is 0 Å². The van der Waals surface area contributed by atoms with Gasteiger partial charge in [-0.3, -0.25) is 10.1 Å². The van der Waals surface area contributed by atoms with Crippen molar-refractivity contribution in [1.82, 2.24) is 5.32 Å². The lowest BCUT2D eigenvalue weighted by Crippen LogP contribution is -2.30. The highest BCUT2D eigenvalue weighted by Gasteiger charge is 2.18. The minimum absolute atomic E-state index is 0.0279. The summed E-state index contributed by atoms with van der Waals surface area (Å²) in [5, 5.41) is 26.6. The minimum atomic E-state index is -0.489. The number of nitrogens with one attached hydrogen (secondary N) is 1. The van der Waals surface area contributed by atoms with E-state index in [0.29, 0.717) is 12.0 Å². The first-order valence-corrected chi connectivity index (χ1v) is 8.49. The van der Waals surface area contributed by atoms with Crippen LogP contribution in [0.4, 0.5) is 5.69 Å². The van der Waals surface area contributed by atoms with Crippen molar-refractivity contribution < 1.29 is 10.0 Å². The van der Waals surface area contributed by atoms with E-state index in [1.165, 1.54) is 0 Å². The molecule has 0 aliphatic carbocycles. The Bertz CT molecular complexity index is 658. The third-order valence-electron chi connectivity index (χ3n) is 3.91. The van der Waals surface area contributed by atoms with Gasteiger partial charge in [0.2, 0.25) is 0 Å². The smallest absolute Gasteiger partial charge is 0.272 e. The lowest BCUT2D eigenvalue weighted by Gasteiger charge is -2.22. The normalized spacial score (nSPS) is 15.1. The quantitative estimate of drug-likeness (QED) is 0.590. The lowest BCUT2D eigenvalue weighted by atomic mass is 10.0. The number of nitro groups is 1. The molecule has 5 nitrogen and oxygen atoms in total. The predicted molar refractivity (Wildman–Crippen MR) is 92.7 cm³/mol.